The summed E-state index contributed by atoms with van der Waals surface area (Å²) < 4.78 is 4.91. The van der Waals surface area contributed by atoms with Crippen molar-refractivity contribution in [2.75, 3.05) is 18.5 Å². The highest BCUT2D eigenvalue weighted by molar-refractivity contribution is 7.13. The van der Waals surface area contributed by atoms with E-state index in [9.17, 15) is 4.79 Å². The minimum Gasteiger partial charge on any atom is -0.461 e. The molecule has 1 N–H and O–H groups in total. The Morgan fingerprint density at radius 2 is 2.30 bits per heavy atom. The van der Waals surface area contributed by atoms with Gasteiger partial charge in [-0.1, -0.05) is 29.8 Å². The Kier molecular flexibility index (Phi) is 5.12. The molecule has 0 aliphatic rings. The van der Waals surface area contributed by atoms with Crippen molar-refractivity contribution in [2.24, 2.45) is 0 Å². The van der Waals surface area contributed by atoms with E-state index in [-0.39, 0.29) is 5.97 Å². The van der Waals surface area contributed by atoms with E-state index in [0.717, 1.165) is 18.1 Å². The molecule has 0 atom stereocenters. The van der Waals surface area contributed by atoms with Crippen LogP contribution in [-0.2, 0) is 11.2 Å². The lowest BCUT2D eigenvalue weighted by Gasteiger charge is -2.04. The van der Waals surface area contributed by atoms with Gasteiger partial charge in [-0.2, -0.15) is 0 Å². The quantitative estimate of drug-likeness (QED) is 0.829. The molecule has 0 aliphatic carbocycles. The number of aromatic nitrogens is 1. The number of hydrogen-bond acceptors (Lipinski definition) is 5. The third-order valence-electron chi connectivity index (χ3n) is 2.76. The van der Waals surface area contributed by atoms with Gasteiger partial charge in [-0.15, -0.1) is 11.3 Å². The predicted octanol–water partition coefficient (Wildman–Crippen LogP) is 3.28. The highest BCUT2D eigenvalue weighted by atomic mass is 32.1. The van der Waals surface area contributed by atoms with Crippen molar-refractivity contribution in [3.63, 3.8) is 0 Å². The highest BCUT2D eigenvalue weighted by Crippen LogP contribution is 2.16. The van der Waals surface area contributed by atoms with Crippen LogP contribution in [0.3, 0.4) is 0 Å². The molecule has 0 bridgehead atoms. The first-order valence-electron chi connectivity index (χ1n) is 6.61. The summed E-state index contributed by atoms with van der Waals surface area (Å²) in [5.41, 5.74) is 2.93. The number of thiazole rings is 1. The Morgan fingerprint density at radius 3 is 3.05 bits per heavy atom. The molecular formula is C15H18N2O2S. The zero-order chi connectivity index (χ0) is 14.4. The smallest absolute Gasteiger partial charge is 0.357 e. The topological polar surface area (TPSA) is 51.2 Å². The molecule has 1 aromatic carbocycles. The fourth-order valence-corrected chi connectivity index (χ4v) is 2.54. The molecule has 2 aromatic rings. The van der Waals surface area contributed by atoms with E-state index in [1.807, 2.05) is 0 Å². The lowest BCUT2D eigenvalue weighted by Crippen LogP contribution is -2.07. The lowest BCUT2D eigenvalue weighted by atomic mass is 10.1. The van der Waals surface area contributed by atoms with Gasteiger partial charge in [-0.3, -0.25) is 0 Å². The second kappa shape index (κ2) is 7.05. The number of esters is 1. The largest absolute Gasteiger partial charge is 0.461 e. The van der Waals surface area contributed by atoms with E-state index >= 15 is 0 Å². The molecule has 0 radical (unpaired) electrons. The molecular weight excluding hydrogens is 272 g/mol. The van der Waals surface area contributed by atoms with Gasteiger partial charge in [-0.25, -0.2) is 9.78 Å². The number of hydrogen-bond donors (Lipinski definition) is 1. The highest BCUT2D eigenvalue weighted by Gasteiger charge is 2.10. The van der Waals surface area contributed by atoms with Crippen molar-refractivity contribution in [3.05, 3.63) is 46.5 Å². The molecule has 0 saturated carbocycles. The maximum Gasteiger partial charge on any atom is 0.357 e. The van der Waals surface area contributed by atoms with Crippen molar-refractivity contribution in [2.45, 2.75) is 20.3 Å². The normalized spacial score (nSPS) is 10.3. The molecule has 106 valence electrons. The SMILES string of the molecule is CCOC(=O)c1csc(NCCc2cccc(C)c2)n1. The van der Waals surface area contributed by atoms with Crippen LogP contribution < -0.4 is 5.32 Å². The summed E-state index contributed by atoms with van der Waals surface area (Å²) in [5, 5.41) is 5.70. The summed E-state index contributed by atoms with van der Waals surface area (Å²) in [7, 11) is 0. The zero-order valence-electron chi connectivity index (χ0n) is 11.7. The van der Waals surface area contributed by atoms with Crippen molar-refractivity contribution >= 4 is 22.4 Å². The van der Waals surface area contributed by atoms with Crippen LogP contribution in [0, 0.1) is 6.92 Å². The fourth-order valence-electron chi connectivity index (χ4n) is 1.84. The monoisotopic (exact) mass is 290 g/mol. The third-order valence-corrected chi connectivity index (χ3v) is 3.56. The molecule has 0 spiro atoms. The van der Waals surface area contributed by atoms with Crippen LogP contribution >= 0.6 is 11.3 Å². The molecule has 5 heteroatoms. The van der Waals surface area contributed by atoms with Gasteiger partial charge < -0.3 is 10.1 Å². The van der Waals surface area contributed by atoms with Crippen LogP contribution in [0.25, 0.3) is 0 Å². The Bertz CT molecular complexity index is 581. The summed E-state index contributed by atoms with van der Waals surface area (Å²) in [5.74, 6) is -0.365. The molecule has 1 heterocycles. The van der Waals surface area contributed by atoms with E-state index in [0.29, 0.717) is 12.3 Å². The number of nitrogens with zero attached hydrogens (tertiary/aromatic N) is 1. The number of carbonyl (C=O) groups excluding carboxylic acids is 1. The number of rotatable bonds is 6. The van der Waals surface area contributed by atoms with E-state index < -0.39 is 0 Å². The van der Waals surface area contributed by atoms with Gasteiger partial charge in [0.1, 0.15) is 0 Å². The first-order chi connectivity index (χ1) is 9.69. The van der Waals surface area contributed by atoms with Gasteiger partial charge in [0.15, 0.2) is 10.8 Å². The van der Waals surface area contributed by atoms with Crippen LogP contribution in [0.2, 0.25) is 0 Å². The van der Waals surface area contributed by atoms with E-state index in [4.69, 9.17) is 4.74 Å². The Labute approximate surface area is 122 Å². The summed E-state index contributed by atoms with van der Waals surface area (Å²) in [6, 6.07) is 8.43. The predicted molar refractivity (Wildman–Crippen MR) is 81.4 cm³/mol. The van der Waals surface area contributed by atoms with E-state index in [1.165, 1.54) is 22.5 Å². The van der Waals surface area contributed by atoms with E-state index in [2.05, 4.69) is 41.5 Å². The molecule has 0 saturated heterocycles. The molecule has 4 nitrogen and oxygen atoms in total. The molecule has 0 fully saturated rings. The molecule has 1 aromatic heterocycles. The van der Waals surface area contributed by atoms with E-state index in [1.54, 1.807) is 12.3 Å². The number of ether oxygens (including phenoxy) is 1. The number of nitrogens with one attached hydrogen (secondary N) is 1. The number of carbonyl (C=O) groups is 1. The maximum atomic E-state index is 11.5. The molecule has 0 amide bonds. The Morgan fingerprint density at radius 1 is 1.45 bits per heavy atom. The third kappa shape index (κ3) is 4.06. The first-order valence-corrected chi connectivity index (χ1v) is 7.49. The molecule has 20 heavy (non-hydrogen) atoms. The summed E-state index contributed by atoms with van der Waals surface area (Å²) in [4.78, 5) is 15.7. The standard InChI is InChI=1S/C15H18N2O2S/c1-3-19-14(18)13-10-20-15(17-13)16-8-7-12-6-4-5-11(2)9-12/h4-6,9-10H,3,7-8H2,1-2H3,(H,16,17). The summed E-state index contributed by atoms with van der Waals surface area (Å²) in [6.07, 6.45) is 0.927. The van der Waals surface area contributed by atoms with Crippen molar-refractivity contribution < 1.29 is 9.53 Å². The van der Waals surface area contributed by atoms with Gasteiger partial charge in [0.2, 0.25) is 0 Å². The van der Waals surface area contributed by atoms with Crippen LogP contribution in [0.5, 0.6) is 0 Å². The van der Waals surface area contributed by atoms with Gasteiger partial charge in [0, 0.05) is 11.9 Å². The van der Waals surface area contributed by atoms with Gasteiger partial charge in [0.05, 0.1) is 6.61 Å². The molecule has 2 rings (SSSR count). The van der Waals surface area contributed by atoms with Crippen LogP contribution in [-0.4, -0.2) is 24.1 Å². The van der Waals surface area contributed by atoms with Gasteiger partial charge in [0.25, 0.3) is 0 Å². The number of benzene rings is 1. The van der Waals surface area contributed by atoms with Crippen molar-refractivity contribution in [1.82, 2.24) is 4.98 Å². The van der Waals surface area contributed by atoms with Gasteiger partial charge >= 0.3 is 5.97 Å². The van der Waals surface area contributed by atoms with Gasteiger partial charge in [-0.05, 0) is 25.8 Å². The molecule has 0 unspecified atom stereocenters. The molecule has 0 aliphatic heterocycles. The number of aryl methyl sites for hydroxylation is 1. The average molecular weight is 290 g/mol. The minimum absolute atomic E-state index is 0.365. The van der Waals surface area contributed by atoms with Crippen LogP contribution in [0.15, 0.2) is 29.6 Å². The van der Waals surface area contributed by atoms with Crippen molar-refractivity contribution in [3.8, 4) is 0 Å². The van der Waals surface area contributed by atoms with Crippen molar-refractivity contribution in [1.29, 1.82) is 0 Å². The first kappa shape index (κ1) is 14.5. The second-order valence-electron chi connectivity index (χ2n) is 4.42. The lowest BCUT2D eigenvalue weighted by molar-refractivity contribution is 0.0520. The Hall–Kier alpha value is -1.88. The second-order valence-corrected chi connectivity index (χ2v) is 5.28. The Balaban J connectivity index is 1.84. The maximum absolute atomic E-state index is 11.5. The average Bonchev–Trinajstić information content (AvgIpc) is 2.88. The van der Waals surface area contributed by atoms with Crippen LogP contribution in [0.4, 0.5) is 5.13 Å². The fraction of sp³-hybridized carbons (Fsp3) is 0.333. The summed E-state index contributed by atoms with van der Waals surface area (Å²) in [6.45, 7) is 5.03. The summed E-state index contributed by atoms with van der Waals surface area (Å²) >= 11 is 1.42. The minimum atomic E-state index is -0.365. The zero-order valence-corrected chi connectivity index (χ0v) is 12.5. The van der Waals surface area contributed by atoms with Crippen LogP contribution in [0.1, 0.15) is 28.5 Å². The number of anilines is 1.